The average molecular weight is 312 g/mol. The Balaban J connectivity index is 2.24. The van der Waals surface area contributed by atoms with E-state index < -0.39 is 0 Å². The van der Waals surface area contributed by atoms with E-state index in [2.05, 4.69) is 29.4 Å². The highest BCUT2D eigenvalue weighted by atomic mass is 35.5. The summed E-state index contributed by atoms with van der Waals surface area (Å²) in [6.07, 6.45) is 1.10. The SMILES string of the molecule is CCCNC(C)c1nnc(-c2ccc(Cl)cc2OC)s1. The highest BCUT2D eigenvalue weighted by molar-refractivity contribution is 7.14. The van der Waals surface area contributed by atoms with Crippen LogP contribution in [0.2, 0.25) is 5.02 Å². The molecule has 2 aromatic rings. The van der Waals surface area contributed by atoms with Crippen LogP contribution in [0.1, 0.15) is 31.3 Å². The first-order valence-corrected chi connectivity index (χ1v) is 7.75. The Morgan fingerprint density at radius 1 is 1.40 bits per heavy atom. The van der Waals surface area contributed by atoms with Crippen LogP contribution in [0.4, 0.5) is 0 Å². The molecule has 0 aliphatic rings. The lowest BCUT2D eigenvalue weighted by molar-refractivity contribution is 0.416. The van der Waals surface area contributed by atoms with Crippen molar-refractivity contribution in [1.29, 1.82) is 0 Å². The van der Waals surface area contributed by atoms with Crippen molar-refractivity contribution in [1.82, 2.24) is 15.5 Å². The Morgan fingerprint density at radius 3 is 2.90 bits per heavy atom. The Hall–Kier alpha value is -1.17. The monoisotopic (exact) mass is 311 g/mol. The molecular formula is C14H18ClN3OS. The summed E-state index contributed by atoms with van der Waals surface area (Å²) in [6.45, 7) is 5.21. The van der Waals surface area contributed by atoms with E-state index in [1.54, 1.807) is 24.5 Å². The summed E-state index contributed by atoms with van der Waals surface area (Å²) in [7, 11) is 1.63. The number of benzene rings is 1. The number of halogens is 1. The van der Waals surface area contributed by atoms with Gasteiger partial charge in [0.1, 0.15) is 10.8 Å². The van der Waals surface area contributed by atoms with Crippen molar-refractivity contribution in [2.45, 2.75) is 26.3 Å². The molecule has 20 heavy (non-hydrogen) atoms. The molecule has 6 heteroatoms. The molecule has 0 aliphatic heterocycles. The van der Waals surface area contributed by atoms with E-state index in [9.17, 15) is 0 Å². The number of methoxy groups -OCH3 is 1. The van der Waals surface area contributed by atoms with Gasteiger partial charge in [-0.15, -0.1) is 10.2 Å². The quantitative estimate of drug-likeness (QED) is 0.878. The highest BCUT2D eigenvalue weighted by Gasteiger charge is 2.15. The molecule has 0 saturated heterocycles. The molecule has 1 heterocycles. The number of nitrogens with one attached hydrogen (secondary N) is 1. The van der Waals surface area contributed by atoms with Gasteiger partial charge in [-0.3, -0.25) is 0 Å². The van der Waals surface area contributed by atoms with E-state index in [1.807, 2.05) is 12.1 Å². The fourth-order valence-corrected chi connectivity index (χ4v) is 2.87. The predicted octanol–water partition coefficient (Wildman–Crippen LogP) is 3.93. The second-order valence-electron chi connectivity index (χ2n) is 4.47. The molecular weight excluding hydrogens is 294 g/mol. The first-order valence-electron chi connectivity index (χ1n) is 6.56. The summed E-state index contributed by atoms with van der Waals surface area (Å²) in [4.78, 5) is 0. The second kappa shape index (κ2) is 7.02. The lowest BCUT2D eigenvalue weighted by atomic mass is 10.2. The molecule has 0 spiro atoms. The van der Waals surface area contributed by atoms with Crippen LogP contribution in [0.5, 0.6) is 5.75 Å². The maximum absolute atomic E-state index is 5.97. The molecule has 1 atom stereocenters. The number of aromatic nitrogens is 2. The van der Waals surface area contributed by atoms with Gasteiger partial charge in [0.25, 0.3) is 0 Å². The zero-order chi connectivity index (χ0) is 14.5. The van der Waals surface area contributed by atoms with Crippen molar-refractivity contribution < 1.29 is 4.74 Å². The highest BCUT2D eigenvalue weighted by Crippen LogP contribution is 2.35. The molecule has 108 valence electrons. The maximum atomic E-state index is 5.97. The Bertz CT molecular complexity index is 573. The van der Waals surface area contributed by atoms with Crippen LogP contribution in [0.3, 0.4) is 0 Å². The lowest BCUT2D eigenvalue weighted by Gasteiger charge is -2.08. The van der Waals surface area contributed by atoms with Gasteiger partial charge >= 0.3 is 0 Å². The summed E-state index contributed by atoms with van der Waals surface area (Å²) < 4.78 is 5.35. The molecule has 0 fully saturated rings. The fourth-order valence-electron chi connectivity index (χ4n) is 1.81. The zero-order valence-electron chi connectivity index (χ0n) is 11.8. The largest absolute Gasteiger partial charge is 0.496 e. The van der Waals surface area contributed by atoms with Gasteiger partial charge in [-0.2, -0.15) is 0 Å². The average Bonchev–Trinajstić information content (AvgIpc) is 2.94. The Labute approximate surface area is 128 Å². The van der Waals surface area contributed by atoms with E-state index >= 15 is 0 Å². The number of ether oxygens (including phenoxy) is 1. The van der Waals surface area contributed by atoms with Gasteiger partial charge in [0.15, 0.2) is 5.01 Å². The van der Waals surface area contributed by atoms with Crippen molar-refractivity contribution in [3.05, 3.63) is 28.2 Å². The van der Waals surface area contributed by atoms with Crippen molar-refractivity contribution in [2.75, 3.05) is 13.7 Å². The number of hydrogen-bond acceptors (Lipinski definition) is 5. The minimum absolute atomic E-state index is 0.208. The molecule has 2 rings (SSSR count). The predicted molar refractivity (Wildman–Crippen MR) is 83.6 cm³/mol. The summed E-state index contributed by atoms with van der Waals surface area (Å²) in [5, 5.41) is 14.4. The normalized spacial score (nSPS) is 12.4. The summed E-state index contributed by atoms with van der Waals surface area (Å²) in [6, 6.07) is 5.74. The van der Waals surface area contributed by atoms with Gasteiger partial charge in [-0.1, -0.05) is 29.9 Å². The molecule has 1 aromatic carbocycles. The van der Waals surface area contributed by atoms with Gasteiger partial charge in [0.2, 0.25) is 0 Å². The van der Waals surface area contributed by atoms with Crippen molar-refractivity contribution >= 4 is 22.9 Å². The standard InChI is InChI=1S/C14H18ClN3OS/c1-4-7-16-9(2)13-17-18-14(20-13)11-6-5-10(15)8-12(11)19-3/h5-6,8-9,16H,4,7H2,1-3H3. The third-order valence-electron chi connectivity index (χ3n) is 2.91. The Kier molecular flexibility index (Phi) is 5.34. The van der Waals surface area contributed by atoms with Gasteiger partial charge in [-0.05, 0) is 38.1 Å². The third kappa shape index (κ3) is 3.48. The first-order chi connectivity index (χ1) is 9.65. The molecule has 1 N–H and O–H groups in total. The van der Waals surface area contributed by atoms with Crippen molar-refractivity contribution in [3.63, 3.8) is 0 Å². The number of nitrogens with zero attached hydrogens (tertiary/aromatic N) is 2. The van der Waals surface area contributed by atoms with E-state index in [4.69, 9.17) is 16.3 Å². The summed E-state index contributed by atoms with van der Waals surface area (Å²) in [5.41, 5.74) is 0.920. The van der Waals surface area contributed by atoms with Gasteiger partial charge in [0, 0.05) is 5.02 Å². The van der Waals surface area contributed by atoms with Crippen LogP contribution in [-0.2, 0) is 0 Å². The molecule has 0 aliphatic carbocycles. The van der Waals surface area contributed by atoms with Crippen molar-refractivity contribution in [3.8, 4) is 16.3 Å². The fraction of sp³-hybridized carbons (Fsp3) is 0.429. The van der Waals surface area contributed by atoms with Crippen LogP contribution in [0.15, 0.2) is 18.2 Å². The molecule has 1 aromatic heterocycles. The van der Waals surface area contributed by atoms with Crippen molar-refractivity contribution in [2.24, 2.45) is 0 Å². The van der Waals surface area contributed by atoms with Crippen LogP contribution < -0.4 is 10.1 Å². The molecule has 0 amide bonds. The van der Waals surface area contributed by atoms with Crippen LogP contribution in [0, 0.1) is 0 Å². The van der Waals surface area contributed by atoms with E-state index in [0.29, 0.717) is 5.02 Å². The lowest BCUT2D eigenvalue weighted by Crippen LogP contribution is -2.18. The maximum Gasteiger partial charge on any atom is 0.151 e. The van der Waals surface area contributed by atoms with E-state index in [-0.39, 0.29) is 6.04 Å². The van der Waals surface area contributed by atoms with Gasteiger partial charge in [-0.25, -0.2) is 0 Å². The molecule has 4 nitrogen and oxygen atoms in total. The molecule has 1 unspecified atom stereocenters. The second-order valence-corrected chi connectivity index (χ2v) is 5.91. The van der Waals surface area contributed by atoms with E-state index in [1.165, 1.54) is 0 Å². The summed E-state index contributed by atoms with van der Waals surface area (Å²) >= 11 is 7.55. The number of hydrogen-bond donors (Lipinski definition) is 1. The minimum atomic E-state index is 0.208. The Morgan fingerprint density at radius 2 is 2.20 bits per heavy atom. The summed E-state index contributed by atoms with van der Waals surface area (Å²) in [5.74, 6) is 0.717. The van der Waals surface area contributed by atoms with Gasteiger partial charge < -0.3 is 10.1 Å². The van der Waals surface area contributed by atoms with Gasteiger partial charge in [0.05, 0.1) is 18.7 Å². The molecule has 0 bridgehead atoms. The van der Waals surface area contributed by atoms with Crippen LogP contribution >= 0.6 is 22.9 Å². The number of rotatable bonds is 6. The zero-order valence-corrected chi connectivity index (χ0v) is 13.4. The molecule has 0 saturated carbocycles. The minimum Gasteiger partial charge on any atom is -0.496 e. The smallest absolute Gasteiger partial charge is 0.151 e. The van der Waals surface area contributed by atoms with Crippen LogP contribution in [0.25, 0.3) is 10.6 Å². The first kappa shape index (κ1) is 15.2. The molecule has 0 radical (unpaired) electrons. The van der Waals surface area contributed by atoms with E-state index in [0.717, 1.165) is 34.3 Å². The van der Waals surface area contributed by atoms with Crippen LogP contribution in [-0.4, -0.2) is 23.9 Å². The third-order valence-corrected chi connectivity index (χ3v) is 4.28. The topological polar surface area (TPSA) is 47.0 Å².